The first-order chi connectivity index (χ1) is 8.77. The van der Waals surface area contributed by atoms with Crippen molar-refractivity contribution in [2.75, 3.05) is 0 Å². The van der Waals surface area contributed by atoms with Gasteiger partial charge in [0.25, 0.3) is 0 Å². The molecule has 0 aromatic heterocycles. The fourth-order valence-corrected chi connectivity index (χ4v) is 4.75. The Balaban J connectivity index is 1.36. The van der Waals surface area contributed by atoms with Crippen LogP contribution in [0.4, 0.5) is 0 Å². The fraction of sp³-hybridized carbons (Fsp3) is 1.00. The van der Waals surface area contributed by atoms with Gasteiger partial charge in [0, 0.05) is 4.83 Å². The Bertz CT molecular complexity index is 268. The summed E-state index contributed by atoms with van der Waals surface area (Å²) in [5, 5.41) is 0. The lowest BCUT2D eigenvalue weighted by Gasteiger charge is -2.33. The number of hydrogen-bond acceptors (Lipinski definition) is 1. The van der Waals surface area contributed by atoms with E-state index in [0.29, 0.717) is 11.7 Å². The van der Waals surface area contributed by atoms with Crippen molar-refractivity contribution in [3.63, 3.8) is 0 Å². The third-order valence-electron chi connectivity index (χ3n) is 5.24. The fourth-order valence-electron chi connectivity index (χ4n) is 3.90. The maximum atomic E-state index is 6.43. The zero-order chi connectivity index (χ0) is 12.4. The molecule has 1 aliphatic heterocycles. The van der Waals surface area contributed by atoms with Crippen molar-refractivity contribution in [2.45, 2.75) is 93.6 Å². The van der Waals surface area contributed by atoms with Gasteiger partial charge in [-0.1, -0.05) is 35.2 Å². The Morgan fingerprint density at radius 1 is 1.06 bits per heavy atom. The Hall–Kier alpha value is 0.440. The van der Waals surface area contributed by atoms with Crippen molar-refractivity contribution in [3.8, 4) is 0 Å². The molecular weight excluding hydrogens is 288 g/mol. The summed E-state index contributed by atoms with van der Waals surface area (Å²) in [5.41, 5.74) is 0.327. The number of rotatable bonds is 5. The van der Waals surface area contributed by atoms with Crippen LogP contribution in [0.1, 0.15) is 77.0 Å². The molecule has 2 aliphatic carbocycles. The molecule has 2 saturated carbocycles. The van der Waals surface area contributed by atoms with Gasteiger partial charge in [0.2, 0.25) is 0 Å². The van der Waals surface area contributed by atoms with Crippen LogP contribution in [0, 0.1) is 5.92 Å². The number of ether oxygens (including phenoxy) is 1. The van der Waals surface area contributed by atoms with Crippen molar-refractivity contribution in [1.82, 2.24) is 0 Å². The van der Waals surface area contributed by atoms with Crippen LogP contribution in [0.5, 0.6) is 0 Å². The minimum atomic E-state index is 0.327. The minimum Gasteiger partial charge on any atom is -0.372 e. The van der Waals surface area contributed by atoms with Crippen LogP contribution in [-0.2, 0) is 4.74 Å². The number of hydrogen-bond donors (Lipinski definition) is 0. The van der Waals surface area contributed by atoms with Gasteiger partial charge < -0.3 is 4.74 Å². The van der Waals surface area contributed by atoms with Gasteiger partial charge >= 0.3 is 0 Å². The van der Waals surface area contributed by atoms with Crippen LogP contribution in [0.3, 0.4) is 0 Å². The van der Waals surface area contributed by atoms with Crippen molar-refractivity contribution in [2.24, 2.45) is 5.92 Å². The van der Waals surface area contributed by atoms with Gasteiger partial charge in [0.1, 0.15) is 0 Å². The maximum Gasteiger partial charge on any atom is 0.0687 e. The highest BCUT2D eigenvalue weighted by Crippen LogP contribution is 2.43. The van der Waals surface area contributed by atoms with E-state index in [9.17, 15) is 0 Å². The lowest BCUT2D eigenvalue weighted by molar-refractivity contribution is -0.0660. The molecule has 104 valence electrons. The molecule has 1 saturated heterocycles. The molecule has 2 unspecified atom stereocenters. The van der Waals surface area contributed by atoms with E-state index in [1.165, 1.54) is 77.0 Å². The molecule has 0 bridgehead atoms. The maximum absolute atomic E-state index is 6.43. The Kier molecular flexibility index (Phi) is 4.35. The van der Waals surface area contributed by atoms with Gasteiger partial charge in [-0.25, -0.2) is 0 Å². The number of halogens is 1. The summed E-state index contributed by atoms with van der Waals surface area (Å²) in [6.07, 6.45) is 17.1. The van der Waals surface area contributed by atoms with Gasteiger partial charge in [-0.05, 0) is 63.7 Å². The van der Waals surface area contributed by atoms with E-state index in [1.807, 2.05) is 0 Å². The SMILES string of the molecule is BrC(CCCC1CCC2(CCCCC2)O1)C1CC1. The molecule has 0 amide bonds. The first-order valence-corrected chi connectivity index (χ1v) is 9.01. The molecule has 1 spiro atoms. The minimum absolute atomic E-state index is 0.327. The van der Waals surface area contributed by atoms with E-state index in [-0.39, 0.29) is 0 Å². The largest absolute Gasteiger partial charge is 0.372 e. The Morgan fingerprint density at radius 3 is 2.56 bits per heavy atom. The molecule has 2 atom stereocenters. The molecule has 0 aromatic rings. The van der Waals surface area contributed by atoms with Gasteiger partial charge in [-0.3, -0.25) is 0 Å². The van der Waals surface area contributed by atoms with Crippen molar-refractivity contribution < 1.29 is 4.74 Å². The lowest BCUT2D eigenvalue weighted by Crippen LogP contribution is -2.31. The monoisotopic (exact) mass is 314 g/mol. The average Bonchev–Trinajstić information content (AvgIpc) is 3.16. The van der Waals surface area contributed by atoms with Gasteiger partial charge in [-0.15, -0.1) is 0 Å². The van der Waals surface area contributed by atoms with Crippen molar-refractivity contribution in [3.05, 3.63) is 0 Å². The molecule has 0 N–H and O–H groups in total. The smallest absolute Gasteiger partial charge is 0.0687 e. The molecule has 3 aliphatic rings. The van der Waals surface area contributed by atoms with Crippen molar-refractivity contribution >= 4 is 15.9 Å². The topological polar surface area (TPSA) is 9.23 Å². The van der Waals surface area contributed by atoms with E-state index >= 15 is 0 Å². The summed E-state index contributed by atoms with van der Waals surface area (Å²) >= 11 is 3.84. The van der Waals surface area contributed by atoms with Gasteiger partial charge in [-0.2, -0.15) is 0 Å². The Labute approximate surface area is 120 Å². The summed E-state index contributed by atoms with van der Waals surface area (Å²) in [5.74, 6) is 0.999. The second kappa shape index (κ2) is 5.83. The third-order valence-corrected chi connectivity index (χ3v) is 6.45. The zero-order valence-corrected chi connectivity index (χ0v) is 13.1. The van der Waals surface area contributed by atoms with Crippen LogP contribution >= 0.6 is 15.9 Å². The predicted octanol–water partition coefficient (Wildman–Crippen LogP) is 5.21. The number of alkyl halides is 1. The van der Waals surface area contributed by atoms with Crippen molar-refractivity contribution in [1.29, 1.82) is 0 Å². The molecule has 3 rings (SSSR count). The molecule has 1 heterocycles. The quantitative estimate of drug-likeness (QED) is 0.633. The molecule has 0 radical (unpaired) electrons. The van der Waals surface area contributed by atoms with E-state index in [4.69, 9.17) is 4.74 Å². The van der Waals surface area contributed by atoms with Gasteiger partial charge in [0.15, 0.2) is 0 Å². The molecule has 18 heavy (non-hydrogen) atoms. The second-order valence-electron chi connectivity index (χ2n) is 6.81. The Morgan fingerprint density at radius 2 is 1.83 bits per heavy atom. The van der Waals surface area contributed by atoms with E-state index < -0.39 is 0 Å². The summed E-state index contributed by atoms with van der Waals surface area (Å²) < 4.78 is 6.43. The highest BCUT2D eigenvalue weighted by molar-refractivity contribution is 9.09. The van der Waals surface area contributed by atoms with Gasteiger partial charge in [0.05, 0.1) is 11.7 Å². The van der Waals surface area contributed by atoms with E-state index in [0.717, 1.165) is 10.7 Å². The lowest BCUT2D eigenvalue weighted by atomic mass is 9.83. The first-order valence-electron chi connectivity index (χ1n) is 8.09. The zero-order valence-electron chi connectivity index (χ0n) is 11.5. The van der Waals surface area contributed by atoms with Crippen LogP contribution in [0.25, 0.3) is 0 Å². The highest BCUT2D eigenvalue weighted by Gasteiger charge is 2.40. The van der Waals surface area contributed by atoms with E-state index in [2.05, 4.69) is 15.9 Å². The summed E-state index contributed by atoms with van der Waals surface area (Å²) in [6, 6.07) is 0. The van der Waals surface area contributed by atoms with Crippen LogP contribution in [0.2, 0.25) is 0 Å². The summed E-state index contributed by atoms with van der Waals surface area (Å²) in [4.78, 5) is 0.794. The average molecular weight is 315 g/mol. The second-order valence-corrected chi connectivity index (χ2v) is 7.98. The normalized spacial score (nSPS) is 32.8. The molecule has 0 aromatic carbocycles. The van der Waals surface area contributed by atoms with Crippen LogP contribution < -0.4 is 0 Å². The molecule has 2 heteroatoms. The third kappa shape index (κ3) is 3.30. The highest BCUT2D eigenvalue weighted by atomic mass is 79.9. The predicted molar refractivity (Wildman–Crippen MR) is 79.2 cm³/mol. The van der Waals surface area contributed by atoms with E-state index in [1.54, 1.807) is 0 Å². The van der Waals surface area contributed by atoms with Crippen LogP contribution in [0.15, 0.2) is 0 Å². The summed E-state index contributed by atoms with van der Waals surface area (Å²) in [6.45, 7) is 0. The molecule has 3 fully saturated rings. The van der Waals surface area contributed by atoms with Crippen LogP contribution in [-0.4, -0.2) is 16.5 Å². The molecule has 1 nitrogen and oxygen atoms in total. The first kappa shape index (κ1) is 13.4. The molecular formula is C16H27BrO. The standard InChI is InChI=1S/C16H27BrO/c17-15(13-7-8-13)6-4-5-14-9-12-16(18-14)10-2-1-3-11-16/h13-15H,1-12H2. The summed E-state index contributed by atoms with van der Waals surface area (Å²) in [7, 11) is 0.